The van der Waals surface area contributed by atoms with Gasteiger partial charge in [0.1, 0.15) is 0 Å². The molecule has 17 heavy (non-hydrogen) atoms. The van der Waals surface area contributed by atoms with Crippen molar-refractivity contribution in [2.24, 2.45) is 5.73 Å². The minimum atomic E-state index is 0.291. The molecule has 1 rings (SSSR count). The second kappa shape index (κ2) is 8.78. The summed E-state index contributed by atoms with van der Waals surface area (Å²) in [6.45, 7) is 3.13. The van der Waals surface area contributed by atoms with Gasteiger partial charge in [0, 0.05) is 31.9 Å². The van der Waals surface area contributed by atoms with Crippen molar-refractivity contribution in [3.63, 3.8) is 0 Å². The van der Waals surface area contributed by atoms with Crippen molar-refractivity contribution >= 4 is 17.7 Å². The van der Waals surface area contributed by atoms with Crippen molar-refractivity contribution in [2.75, 3.05) is 38.2 Å². The molecule has 2 N–H and O–H groups in total. The molecule has 5 heteroatoms. The Balaban J connectivity index is 2.14. The number of nitrogens with two attached hydrogens (primary N) is 1. The summed E-state index contributed by atoms with van der Waals surface area (Å²) in [6.07, 6.45) is 5.88. The van der Waals surface area contributed by atoms with E-state index in [4.69, 9.17) is 10.5 Å². The number of amides is 1. The van der Waals surface area contributed by atoms with Gasteiger partial charge in [0.25, 0.3) is 0 Å². The predicted octanol–water partition coefficient (Wildman–Crippen LogP) is 1.10. The molecule has 0 saturated carbocycles. The van der Waals surface area contributed by atoms with Gasteiger partial charge >= 0.3 is 0 Å². The lowest BCUT2D eigenvalue weighted by atomic mass is 10.1. The molecule has 0 bridgehead atoms. The van der Waals surface area contributed by atoms with Crippen molar-refractivity contribution in [1.29, 1.82) is 0 Å². The summed E-state index contributed by atoms with van der Waals surface area (Å²) in [4.78, 5) is 13.8. The fraction of sp³-hybridized carbons (Fsp3) is 0.917. The highest BCUT2D eigenvalue weighted by molar-refractivity contribution is 7.98. The second-order valence-corrected chi connectivity index (χ2v) is 5.32. The van der Waals surface area contributed by atoms with E-state index in [2.05, 4.69) is 0 Å². The number of hydrogen-bond acceptors (Lipinski definition) is 4. The Labute approximate surface area is 108 Å². The molecule has 0 unspecified atom stereocenters. The molecular formula is C12H24N2O2S. The van der Waals surface area contributed by atoms with Gasteiger partial charge in [-0.05, 0) is 32.1 Å². The molecule has 1 fully saturated rings. The predicted molar refractivity (Wildman–Crippen MR) is 72.2 cm³/mol. The molecule has 0 aromatic carbocycles. The SMILES string of the molecule is CSCCC(=O)N1CCC(OCCCN)CC1. The van der Waals surface area contributed by atoms with E-state index < -0.39 is 0 Å². The molecule has 0 aromatic heterocycles. The zero-order chi connectivity index (χ0) is 12.5. The molecule has 0 aromatic rings. The van der Waals surface area contributed by atoms with Crippen molar-refractivity contribution in [3.8, 4) is 0 Å². The van der Waals surface area contributed by atoms with Gasteiger partial charge in [-0.25, -0.2) is 0 Å². The summed E-state index contributed by atoms with van der Waals surface area (Å²) in [6, 6.07) is 0. The van der Waals surface area contributed by atoms with E-state index in [-0.39, 0.29) is 0 Å². The van der Waals surface area contributed by atoms with Gasteiger partial charge in [-0.3, -0.25) is 4.79 Å². The van der Waals surface area contributed by atoms with Gasteiger partial charge in [0.05, 0.1) is 6.10 Å². The zero-order valence-corrected chi connectivity index (χ0v) is 11.5. The number of nitrogens with zero attached hydrogens (tertiary/aromatic N) is 1. The Morgan fingerprint density at radius 1 is 1.47 bits per heavy atom. The monoisotopic (exact) mass is 260 g/mol. The van der Waals surface area contributed by atoms with Crippen LogP contribution in [0.2, 0.25) is 0 Å². The maximum absolute atomic E-state index is 11.8. The molecule has 4 nitrogen and oxygen atoms in total. The Hall–Kier alpha value is -0.260. The van der Waals surface area contributed by atoms with Crippen LogP contribution in [0.1, 0.15) is 25.7 Å². The molecule has 1 saturated heterocycles. The van der Waals surface area contributed by atoms with E-state index in [0.29, 0.717) is 25.0 Å². The van der Waals surface area contributed by atoms with E-state index in [0.717, 1.165) is 44.7 Å². The summed E-state index contributed by atoms with van der Waals surface area (Å²) in [5.74, 6) is 1.21. The van der Waals surface area contributed by atoms with Crippen LogP contribution in [0.25, 0.3) is 0 Å². The molecule has 0 atom stereocenters. The van der Waals surface area contributed by atoms with Crippen LogP contribution in [0, 0.1) is 0 Å². The molecule has 1 aliphatic heterocycles. The van der Waals surface area contributed by atoms with Crippen LogP contribution in [-0.2, 0) is 9.53 Å². The van der Waals surface area contributed by atoms with E-state index in [1.807, 2.05) is 11.2 Å². The zero-order valence-electron chi connectivity index (χ0n) is 10.7. The number of hydrogen-bond donors (Lipinski definition) is 1. The third kappa shape index (κ3) is 5.75. The fourth-order valence-electron chi connectivity index (χ4n) is 1.95. The number of rotatable bonds is 7. The fourth-order valence-corrected chi connectivity index (χ4v) is 2.33. The van der Waals surface area contributed by atoms with Gasteiger partial charge in [-0.2, -0.15) is 11.8 Å². The Morgan fingerprint density at radius 3 is 2.76 bits per heavy atom. The maximum atomic E-state index is 11.8. The quantitative estimate of drug-likeness (QED) is 0.696. The summed E-state index contributed by atoms with van der Waals surface area (Å²) < 4.78 is 5.71. The Kier molecular flexibility index (Phi) is 7.64. The van der Waals surface area contributed by atoms with E-state index in [9.17, 15) is 4.79 Å². The first-order valence-electron chi connectivity index (χ1n) is 6.36. The molecule has 1 heterocycles. The number of thioether (sulfide) groups is 1. The number of ether oxygens (including phenoxy) is 1. The van der Waals surface area contributed by atoms with E-state index in [1.54, 1.807) is 11.8 Å². The summed E-state index contributed by atoms with van der Waals surface area (Å²) in [5.41, 5.74) is 5.42. The molecule has 0 radical (unpaired) electrons. The van der Waals surface area contributed by atoms with Crippen LogP contribution in [0.15, 0.2) is 0 Å². The molecule has 0 aliphatic carbocycles. The smallest absolute Gasteiger partial charge is 0.223 e. The average molecular weight is 260 g/mol. The summed E-state index contributed by atoms with van der Waals surface area (Å²) in [7, 11) is 0. The van der Waals surface area contributed by atoms with Crippen molar-refractivity contribution < 1.29 is 9.53 Å². The number of carbonyl (C=O) groups is 1. The van der Waals surface area contributed by atoms with Gasteiger partial charge in [0.2, 0.25) is 5.91 Å². The van der Waals surface area contributed by atoms with Crippen molar-refractivity contribution in [2.45, 2.75) is 31.8 Å². The maximum Gasteiger partial charge on any atom is 0.223 e. The van der Waals surface area contributed by atoms with Gasteiger partial charge in [-0.1, -0.05) is 0 Å². The first kappa shape index (κ1) is 14.8. The minimum absolute atomic E-state index is 0.291. The van der Waals surface area contributed by atoms with Crippen LogP contribution in [0.3, 0.4) is 0 Å². The largest absolute Gasteiger partial charge is 0.378 e. The van der Waals surface area contributed by atoms with Crippen LogP contribution >= 0.6 is 11.8 Å². The number of carbonyl (C=O) groups excluding carboxylic acids is 1. The lowest BCUT2D eigenvalue weighted by molar-refractivity contribution is -0.133. The van der Waals surface area contributed by atoms with Gasteiger partial charge < -0.3 is 15.4 Å². The normalized spacial score (nSPS) is 17.4. The Morgan fingerprint density at radius 2 is 2.18 bits per heavy atom. The van der Waals surface area contributed by atoms with Crippen molar-refractivity contribution in [1.82, 2.24) is 4.90 Å². The highest BCUT2D eigenvalue weighted by Gasteiger charge is 2.22. The second-order valence-electron chi connectivity index (χ2n) is 4.34. The summed E-state index contributed by atoms with van der Waals surface area (Å²) in [5, 5.41) is 0. The highest BCUT2D eigenvalue weighted by Crippen LogP contribution is 2.15. The van der Waals surface area contributed by atoms with Crippen LogP contribution in [0.4, 0.5) is 0 Å². The van der Waals surface area contributed by atoms with Gasteiger partial charge in [0.15, 0.2) is 0 Å². The third-order valence-electron chi connectivity index (χ3n) is 3.02. The average Bonchev–Trinajstić information content (AvgIpc) is 2.37. The highest BCUT2D eigenvalue weighted by atomic mass is 32.2. The molecule has 1 aliphatic rings. The van der Waals surface area contributed by atoms with E-state index in [1.165, 1.54) is 0 Å². The number of likely N-dealkylation sites (tertiary alicyclic amines) is 1. The summed E-state index contributed by atoms with van der Waals surface area (Å²) >= 11 is 1.72. The van der Waals surface area contributed by atoms with Crippen LogP contribution in [-0.4, -0.2) is 55.2 Å². The lowest BCUT2D eigenvalue weighted by Crippen LogP contribution is -2.41. The lowest BCUT2D eigenvalue weighted by Gasteiger charge is -2.32. The standard InChI is InChI=1S/C12H24N2O2S/c1-17-10-5-12(15)14-7-3-11(4-8-14)16-9-2-6-13/h11H,2-10,13H2,1H3. The van der Waals surface area contributed by atoms with Gasteiger partial charge in [-0.15, -0.1) is 0 Å². The Bertz CT molecular complexity index is 219. The molecule has 100 valence electrons. The van der Waals surface area contributed by atoms with E-state index >= 15 is 0 Å². The topological polar surface area (TPSA) is 55.6 Å². The van der Waals surface area contributed by atoms with Crippen LogP contribution in [0.5, 0.6) is 0 Å². The first-order valence-corrected chi connectivity index (χ1v) is 7.75. The molecule has 1 amide bonds. The molecular weight excluding hydrogens is 236 g/mol. The third-order valence-corrected chi connectivity index (χ3v) is 3.63. The minimum Gasteiger partial charge on any atom is -0.378 e. The van der Waals surface area contributed by atoms with Crippen molar-refractivity contribution in [3.05, 3.63) is 0 Å². The van der Waals surface area contributed by atoms with Crippen LogP contribution < -0.4 is 5.73 Å². The number of piperidine rings is 1. The molecule has 0 spiro atoms. The first-order chi connectivity index (χ1) is 8.27.